The lowest BCUT2D eigenvalue weighted by molar-refractivity contribution is -0.0299. The monoisotopic (exact) mass is 302 g/mol. The summed E-state index contributed by atoms with van der Waals surface area (Å²) < 4.78 is 7.25. The molecular weight excluding hydrogens is 284 g/mol. The van der Waals surface area contributed by atoms with Crippen LogP contribution in [0.1, 0.15) is 38.0 Å². The second-order valence-corrected chi connectivity index (χ2v) is 5.32. The Morgan fingerprint density at radius 1 is 1.32 bits per heavy atom. The molecule has 1 saturated heterocycles. The number of hydrogen-bond donors (Lipinski definition) is 2. The van der Waals surface area contributed by atoms with Gasteiger partial charge in [-0.25, -0.2) is 15.0 Å². The molecule has 7 nitrogen and oxygen atoms in total. The number of hydrogen-bond acceptors (Lipinski definition) is 6. The minimum atomic E-state index is -1.03. The Labute approximate surface area is 128 Å². The predicted octanol–water partition coefficient (Wildman–Crippen LogP) is 0.535. The van der Waals surface area contributed by atoms with Gasteiger partial charge in [-0.1, -0.05) is 12.8 Å². The van der Waals surface area contributed by atoms with Gasteiger partial charge in [-0.15, -0.1) is 0 Å². The van der Waals surface area contributed by atoms with Crippen molar-refractivity contribution in [3.8, 4) is 11.8 Å². The van der Waals surface area contributed by atoms with E-state index in [9.17, 15) is 10.2 Å². The summed E-state index contributed by atoms with van der Waals surface area (Å²) in [5, 5.41) is 20.0. The Morgan fingerprint density at radius 3 is 2.73 bits per heavy atom. The highest BCUT2D eigenvalue weighted by Crippen LogP contribution is 2.31. The molecular formula is C15H18N4O3. The first-order valence-electron chi connectivity index (χ1n) is 7.24. The number of aromatic nitrogens is 4. The molecule has 3 heterocycles. The summed E-state index contributed by atoms with van der Waals surface area (Å²) in [6.45, 7) is 5.50. The average molecular weight is 302 g/mol. The Kier molecular flexibility index (Phi) is 3.83. The van der Waals surface area contributed by atoms with Gasteiger partial charge < -0.3 is 14.9 Å². The lowest BCUT2D eigenvalue weighted by Crippen LogP contribution is -2.30. The van der Waals surface area contributed by atoms with Crippen LogP contribution in [0.25, 0.3) is 11.2 Å². The molecule has 2 aromatic heterocycles. The van der Waals surface area contributed by atoms with Gasteiger partial charge in [0.15, 0.2) is 11.9 Å². The largest absolute Gasteiger partial charge is 0.388 e. The molecule has 116 valence electrons. The van der Waals surface area contributed by atoms with Gasteiger partial charge in [0.25, 0.3) is 0 Å². The molecule has 2 aromatic rings. The van der Waals surface area contributed by atoms with Crippen LogP contribution < -0.4 is 0 Å². The van der Waals surface area contributed by atoms with Crippen LogP contribution in [0.4, 0.5) is 0 Å². The fourth-order valence-electron chi connectivity index (χ4n) is 2.52. The molecule has 0 spiro atoms. The second-order valence-electron chi connectivity index (χ2n) is 5.32. The van der Waals surface area contributed by atoms with Crippen molar-refractivity contribution in [2.24, 2.45) is 0 Å². The molecule has 1 fully saturated rings. The van der Waals surface area contributed by atoms with Crippen LogP contribution in [0.3, 0.4) is 0 Å². The van der Waals surface area contributed by atoms with E-state index < -0.39 is 24.5 Å². The van der Waals surface area contributed by atoms with E-state index in [4.69, 9.17) is 4.74 Å². The van der Waals surface area contributed by atoms with E-state index in [-0.39, 0.29) is 0 Å². The van der Waals surface area contributed by atoms with E-state index in [1.807, 2.05) is 13.8 Å². The zero-order valence-corrected chi connectivity index (χ0v) is 12.7. The van der Waals surface area contributed by atoms with Gasteiger partial charge in [0, 0.05) is 6.42 Å². The van der Waals surface area contributed by atoms with Crippen LogP contribution in [0.5, 0.6) is 0 Å². The van der Waals surface area contributed by atoms with Gasteiger partial charge in [-0.3, -0.25) is 4.57 Å². The first-order chi connectivity index (χ1) is 10.5. The van der Waals surface area contributed by atoms with E-state index in [1.54, 1.807) is 17.8 Å². The SMILES string of the molecule is CCC#Cc1nc(C)c2ncn([C@@H]3O[C@H](C)C(O)[C@@H]3O)c2n1. The van der Waals surface area contributed by atoms with Gasteiger partial charge in [-0.05, 0) is 19.8 Å². The standard InChI is InChI=1S/C15H18N4O3/c1-4-5-6-10-17-8(2)11-14(18-10)19(7-16-11)15-13(21)12(20)9(3)22-15/h7,9,12-13,15,20-21H,4H2,1-3H3/t9-,12?,13+,15-/m1/s1. The zero-order chi connectivity index (χ0) is 15.9. The van der Waals surface area contributed by atoms with Crippen molar-refractivity contribution < 1.29 is 14.9 Å². The molecule has 4 atom stereocenters. The van der Waals surface area contributed by atoms with E-state index in [0.29, 0.717) is 29.1 Å². The minimum absolute atomic E-state index is 0.412. The number of rotatable bonds is 1. The van der Waals surface area contributed by atoms with Gasteiger partial charge in [0.2, 0.25) is 5.82 Å². The Hall–Kier alpha value is -2.01. The molecule has 0 bridgehead atoms. The maximum Gasteiger partial charge on any atom is 0.207 e. The highest BCUT2D eigenvalue weighted by atomic mass is 16.6. The fraction of sp³-hybridized carbons (Fsp3) is 0.533. The van der Waals surface area contributed by atoms with Crippen LogP contribution in [0.2, 0.25) is 0 Å². The summed E-state index contributed by atoms with van der Waals surface area (Å²) in [6, 6.07) is 0. The Bertz CT molecular complexity index is 761. The molecule has 0 amide bonds. The van der Waals surface area contributed by atoms with Crippen molar-refractivity contribution in [3.05, 3.63) is 17.8 Å². The van der Waals surface area contributed by atoms with Gasteiger partial charge in [0.1, 0.15) is 17.7 Å². The number of aryl methyl sites for hydroxylation is 1. The third-order valence-corrected chi connectivity index (χ3v) is 3.72. The molecule has 1 aliphatic rings. The third-order valence-electron chi connectivity index (χ3n) is 3.72. The molecule has 22 heavy (non-hydrogen) atoms. The molecule has 2 N–H and O–H groups in total. The second kappa shape index (κ2) is 5.65. The highest BCUT2D eigenvalue weighted by molar-refractivity contribution is 5.73. The number of ether oxygens (including phenoxy) is 1. The fourth-order valence-corrected chi connectivity index (χ4v) is 2.52. The smallest absolute Gasteiger partial charge is 0.207 e. The molecule has 0 aliphatic carbocycles. The molecule has 1 aliphatic heterocycles. The first kappa shape index (κ1) is 14.9. The van der Waals surface area contributed by atoms with Crippen LogP contribution in [0, 0.1) is 18.8 Å². The Morgan fingerprint density at radius 2 is 2.09 bits per heavy atom. The molecule has 0 saturated carbocycles. The van der Waals surface area contributed by atoms with Crippen LogP contribution >= 0.6 is 0 Å². The lowest BCUT2D eigenvalue weighted by atomic mass is 10.1. The van der Waals surface area contributed by atoms with Crippen LogP contribution in [-0.4, -0.2) is 48.0 Å². The summed E-state index contributed by atoms with van der Waals surface area (Å²) in [4.78, 5) is 13.0. The summed E-state index contributed by atoms with van der Waals surface area (Å²) >= 11 is 0. The van der Waals surface area contributed by atoms with Gasteiger partial charge in [0.05, 0.1) is 18.1 Å². The van der Waals surface area contributed by atoms with E-state index >= 15 is 0 Å². The van der Waals surface area contributed by atoms with Crippen molar-refractivity contribution >= 4 is 11.2 Å². The number of imidazole rings is 1. The number of nitrogens with zero attached hydrogens (tertiary/aromatic N) is 4. The first-order valence-corrected chi connectivity index (χ1v) is 7.24. The van der Waals surface area contributed by atoms with E-state index in [0.717, 1.165) is 0 Å². The number of aliphatic hydroxyl groups excluding tert-OH is 2. The van der Waals surface area contributed by atoms with Crippen molar-refractivity contribution in [2.45, 2.75) is 51.7 Å². The molecule has 0 radical (unpaired) electrons. The summed E-state index contributed by atoms with van der Waals surface area (Å²) in [7, 11) is 0. The molecule has 3 rings (SSSR count). The quantitative estimate of drug-likeness (QED) is 0.747. The molecule has 0 aromatic carbocycles. The van der Waals surface area contributed by atoms with E-state index in [1.165, 1.54) is 0 Å². The van der Waals surface area contributed by atoms with Crippen LogP contribution in [0.15, 0.2) is 6.33 Å². The molecule has 7 heteroatoms. The number of aliphatic hydroxyl groups is 2. The molecule has 1 unspecified atom stereocenters. The van der Waals surface area contributed by atoms with Crippen LogP contribution in [-0.2, 0) is 4.74 Å². The summed E-state index contributed by atoms with van der Waals surface area (Å²) in [5.74, 6) is 6.24. The zero-order valence-electron chi connectivity index (χ0n) is 12.7. The summed E-state index contributed by atoms with van der Waals surface area (Å²) in [6.07, 6.45) is -0.899. The maximum atomic E-state index is 10.1. The van der Waals surface area contributed by atoms with Crippen molar-refractivity contribution in [1.82, 2.24) is 19.5 Å². The number of fused-ring (bicyclic) bond motifs is 1. The van der Waals surface area contributed by atoms with Crippen molar-refractivity contribution in [2.75, 3.05) is 0 Å². The van der Waals surface area contributed by atoms with E-state index in [2.05, 4.69) is 26.8 Å². The summed E-state index contributed by atoms with van der Waals surface area (Å²) in [5.41, 5.74) is 1.88. The van der Waals surface area contributed by atoms with Gasteiger partial charge >= 0.3 is 0 Å². The normalized spacial score (nSPS) is 27.9. The predicted molar refractivity (Wildman–Crippen MR) is 78.8 cm³/mol. The maximum absolute atomic E-state index is 10.1. The van der Waals surface area contributed by atoms with Crippen molar-refractivity contribution in [1.29, 1.82) is 0 Å². The third kappa shape index (κ3) is 2.35. The minimum Gasteiger partial charge on any atom is -0.388 e. The van der Waals surface area contributed by atoms with Crippen molar-refractivity contribution in [3.63, 3.8) is 0 Å². The average Bonchev–Trinajstić information content (AvgIpc) is 3.02. The lowest BCUT2D eigenvalue weighted by Gasteiger charge is -2.16. The topological polar surface area (TPSA) is 93.3 Å². The highest BCUT2D eigenvalue weighted by Gasteiger charge is 2.42. The van der Waals surface area contributed by atoms with Gasteiger partial charge in [-0.2, -0.15) is 0 Å². The Balaban J connectivity index is 2.09.